The summed E-state index contributed by atoms with van der Waals surface area (Å²) in [5.74, 6) is 0.798. The first kappa shape index (κ1) is 13.2. The molecule has 0 spiro atoms. The van der Waals surface area contributed by atoms with Gasteiger partial charge < -0.3 is 10.1 Å². The minimum atomic E-state index is -2.97. The third kappa shape index (κ3) is 2.96. The molecule has 0 amide bonds. The Kier molecular flexibility index (Phi) is 3.80. The Morgan fingerprint density at radius 2 is 1.89 bits per heavy atom. The molecule has 0 heterocycles. The van der Waals surface area contributed by atoms with E-state index in [1.54, 1.807) is 7.11 Å². The third-order valence-electron chi connectivity index (χ3n) is 3.44. The van der Waals surface area contributed by atoms with Crippen LogP contribution in [0.25, 0.3) is 0 Å². The second-order valence-electron chi connectivity index (χ2n) is 4.78. The fourth-order valence-corrected chi connectivity index (χ4v) is 3.90. The van der Waals surface area contributed by atoms with Crippen molar-refractivity contribution in [1.29, 1.82) is 0 Å². The fourth-order valence-electron chi connectivity index (χ4n) is 2.50. The number of hydrogen-bond acceptors (Lipinski definition) is 4. The number of ether oxygens (including phenoxy) is 1. The predicted molar refractivity (Wildman–Crippen MR) is 72.9 cm³/mol. The zero-order valence-electron chi connectivity index (χ0n) is 10.7. The lowest BCUT2D eigenvalue weighted by molar-refractivity contribution is 0.415. The van der Waals surface area contributed by atoms with Crippen LogP contribution < -0.4 is 10.1 Å². The van der Waals surface area contributed by atoms with Crippen LogP contribution in [0.15, 0.2) is 24.3 Å². The molecule has 1 aromatic carbocycles. The summed E-state index contributed by atoms with van der Waals surface area (Å²) in [5.41, 5.74) is 0.941. The Morgan fingerprint density at radius 3 is 2.44 bits per heavy atom. The molecule has 1 aliphatic rings. The zero-order chi connectivity index (χ0) is 13.2. The molecule has 0 saturated heterocycles. The van der Waals surface area contributed by atoms with Gasteiger partial charge in [-0.15, -0.1) is 0 Å². The number of hydrogen-bond donors (Lipinski definition) is 1. The summed E-state index contributed by atoms with van der Waals surface area (Å²) >= 11 is 0. The highest BCUT2D eigenvalue weighted by molar-refractivity contribution is 7.91. The number of benzene rings is 1. The summed E-state index contributed by atoms with van der Waals surface area (Å²) in [7, 11) is -1.35. The lowest BCUT2D eigenvalue weighted by atomic mass is 10.2. The monoisotopic (exact) mass is 269 g/mol. The number of nitrogens with one attached hydrogen (secondary N) is 1. The van der Waals surface area contributed by atoms with Gasteiger partial charge in [0.1, 0.15) is 5.75 Å². The number of methoxy groups -OCH3 is 1. The highest BCUT2D eigenvalue weighted by atomic mass is 32.2. The van der Waals surface area contributed by atoms with Gasteiger partial charge in [-0.1, -0.05) is 0 Å². The van der Waals surface area contributed by atoms with Crippen LogP contribution in [0.2, 0.25) is 0 Å². The van der Waals surface area contributed by atoms with E-state index in [9.17, 15) is 8.42 Å². The van der Waals surface area contributed by atoms with Gasteiger partial charge in [0.25, 0.3) is 0 Å². The van der Waals surface area contributed by atoms with Gasteiger partial charge in [-0.3, -0.25) is 0 Å². The zero-order valence-corrected chi connectivity index (χ0v) is 11.5. The standard InChI is InChI=1S/C13H19NO3S/c1-17-11-8-6-10(7-9-11)14-12-4-3-5-13(12)18(2,15)16/h6-9,12-14H,3-5H2,1-2H3. The lowest BCUT2D eigenvalue weighted by Gasteiger charge is -2.20. The molecule has 5 heteroatoms. The smallest absolute Gasteiger partial charge is 0.152 e. The van der Waals surface area contributed by atoms with E-state index in [1.165, 1.54) is 6.26 Å². The maximum absolute atomic E-state index is 11.7. The van der Waals surface area contributed by atoms with Gasteiger partial charge in [0, 0.05) is 18.0 Å². The van der Waals surface area contributed by atoms with Crippen LogP contribution in [0.3, 0.4) is 0 Å². The van der Waals surface area contributed by atoms with Crippen molar-refractivity contribution in [3.8, 4) is 5.75 Å². The van der Waals surface area contributed by atoms with E-state index in [0.29, 0.717) is 0 Å². The third-order valence-corrected chi connectivity index (χ3v) is 5.11. The van der Waals surface area contributed by atoms with Crippen molar-refractivity contribution < 1.29 is 13.2 Å². The van der Waals surface area contributed by atoms with Crippen LogP contribution in [0.5, 0.6) is 5.75 Å². The van der Waals surface area contributed by atoms with Crippen LogP contribution in [0.4, 0.5) is 5.69 Å². The minimum Gasteiger partial charge on any atom is -0.497 e. The molecule has 2 rings (SSSR count). The van der Waals surface area contributed by atoms with E-state index in [1.807, 2.05) is 24.3 Å². The van der Waals surface area contributed by atoms with Crippen molar-refractivity contribution in [3.63, 3.8) is 0 Å². The fraction of sp³-hybridized carbons (Fsp3) is 0.538. The van der Waals surface area contributed by atoms with Crippen molar-refractivity contribution in [2.75, 3.05) is 18.7 Å². The molecule has 1 aromatic rings. The first-order valence-corrected chi connectivity index (χ1v) is 8.05. The van der Waals surface area contributed by atoms with Crippen molar-refractivity contribution in [1.82, 2.24) is 0 Å². The minimum absolute atomic E-state index is 0.0217. The number of rotatable bonds is 4. The van der Waals surface area contributed by atoms with E-state index < -0.39 is 9.84 Å². The SMILES string of the molecule is COc1ccc(NC2CCCC2S(C)(=O)=O)cc1. The first-order chi connectivity index (χ1) is 8.50. The number of sulfone groups is 1. The van der Waals surface area contributed by atoms with Crippen LogP contribution >= 0.6 is 0 Å². The molecule has 2 unspecified atom stereocenters. The Balaban J connectivity index is 2.08. The van der Waals surface area contributed by atoms with E-state index in [2.05, 4.69) is 5.32 Å². The Labute approximate surface area is 108 Å². The summed E-state index contributed by atoms with van der Waals surface area (Å²) in [6, 6.07) is 7.58. The van der Waals surface area contributed by atoms with Gasteiger partial charge in [-0.2, -0.15) is 0 Å². The van der Waals surface area contributed by atoms with Gasteiger partial charge in [0.2, 0.25) is 0 Å². The highest BCUT2D eigenvalue weighted by Gasteiger charge is 2.34. The molecule has 1 saturated carbocycles. The predicted octanol–water partition coefficient (Wildman–Crippen LogP) is 2.07. The van der Waals surface area contributed by atoms with Gasteiger partial charge in [-0.25, -0.2) is 8.42 Å². The summed E-state index contributed by atoms with van der Waals surface area (Å²) < 4.78 is 28.4. The molecule has 1 aliphatic carbocycles. The van der Waals surface area contributed by atoms with E-state index in [0.717, 1.165) is 30.7 Å². The topological polar surface area (TPSA) is 55.4 Å². The van der Waals surface area contributed by atoms with Gasteiger partial charge >= 0.3 is 0 Å². The summed E-state index contributed by atoms with van der Waals surface area (Å²) in [6.45, 7) is 0. The van der Waals surface area contributed by atoms with Gasteiger partial charge in [0.15, 0.2) is 9.84 Å². The number of anilines is 1. The van der Waals surface area contributed by atoms with Crippen molar-refractivity contribution in [3.05, 3.63) is 24.3 Å². The lowest BCUT2D eigenvalue weighted by Crippen LogP contribution is -2.34. The van der Waals surface area contributed by atoms with Gasteiger partial charge in [-0.05, 0) is 43.5 Å². The average Bonchev–Trinajstić information content (AvgIpc) is 2.78. The normalized spacial score (nSPS) is 23.9. The maximum atomic E-state index is 11.7. The molecular weight excluding hydrogens is 250 g/mol. The molecule has 100 valence electrons. The molecule has 0 aliphatic heterocycles. The van der Waals surface area contributed by atoms with Crippen molar-refractivity contribution in [2.45, 2.75) is 30.6 Å². The molecular formula is C13H19NO3S. The summed E-state index contributed by atoms with van der Waals surface area (Å²) in [5, 5.41) is 3.05. The van der Waals surface area contributed by atoms with E-state index in [-0.39, 0.29) is 11.3 Å². The molecule has 0 radical (unpaired) electrons. The Bertz CT molecular complexity index is 495. The van der Waals surface area contributed by atoms with Crippen molar-refractivity contribution in [2.24, 2.45) is 0 Å². The molecule has 1 N–H and O–H groups in total. The van der Waals surface area contributed by atoms with E-state index in [4.69, 9.17) is 4.74 Å². The first-order valence-electron chi connectivity index (χ1n) is 6.10. The van der Waals surface area contributed by atoms with Crippen LogP contribution in [0, 0.1) is 0 Å². The quantitative estimate of drug-likeness (QED) is 0.909. The largest absolute Gasteiger partial charge is 0.497 e. The molecule has 0 aromatic heterocycles. The Hall–Kier alpha value is -1.23. The summed E-state index contributed by atoms with van der Waals surface area (Å²) in [4.78, 5) is 0. The maximum Gasteiger partial charge on any atom is 0.152 e. The molecule has 4 nitrogen and oxygen atoms in total. The van der Waals surface area contributed by atoms with Crippen LogP contribution in [0.1, 0.15) is 19.3 Å². The second kappa shape index (κ2) is 5.18. The molecule has 0 bridgehead atoms. The highest BCUT2D eigenvalue weighted by Crippen LogP contribution is 2.28. The molecule has 1 fully saturated rings. The van der Waals surface area contributed by atoms with Crippen LogP contribution in [-0.2, 0) is 9.84 Å². The van der Waals surface area contributed by atoms with Gasteiger partial charge in [0.05, 0.1) is 12.4 Å². The molecule has 2 atom stereocenters. The van der Waals surface area contributed by atoms with Crippen LogP contribution in [-0.4, -0.2) is 33.1 Å². The summed E-state index contributed by atoms with van der Waals surface area (Å²) in [6.07, 6.45) is 3.95. The van der Waals surface area contributed by atoms with Crippen molar-refractivity contribution >= 4 is 15.5 Å². The second-order valence-corrected chi connectivity index (χ2v) is 7.04. The Morgan fingerprint density at radius 1 is 1.22 bits per heavy atom. The average molecular weight is 269 g/mol. The van der Waals surface area contributed by atoms with E-state index >= 15 is 0 Å². The molecule has 18 heavy (non-hydrogen) atoms.